The van der Waals surface area contributed by atoms with E-state index in [0.29, 0.717) is 23.6 Å². The second-order valence-corrected chi connectivity index (χ2v) is 6.84. The Balaban J connectivity index is 1.66. The molecule has 2 N–H and O–H groups in total. The molecule has 0 spiro atoms. The quantitative estimate of drug-likeness (QED) is 0.393. The molecule has 1 aliphatic carbocycles. The summed E-state index contributed by atoms with van der Waals surface area (Å²) in [5.41, 5.74) is -0.0966. The monoisotopic (exact) mass is 469 g/mol. The van der Waals surface area contributed by atoms with Gasteiger partial charge in [-0.05, 0) is 55.8 Å². The zero-order valence-corrected chi connectivity index (χ0v) is 18.2. The highest BCUT2D eigenvalue weighted by molar-refractivity contribution is 5.93. The molecule has 2 amide bonds. The molecular weight excluding hydrogens is 447 g/mol. The number of nitrogens with one attached hydrogen (secondary N) is 2. The largest absolute Gasteiger partial charge is 0.465 e. The number of halogens is 3. The molecule has 2 aromatic rings. The highest BCUT2D eigenvalue weighted by atomic mass is 19.4. The van der Waals surface area contributed by atoms with Crippen LogP contribution in [0, 0.1) is 0 Å². The number of carbonyl (C=O) groups excluding carboxylic acids is 1. The summed E-state index contributed by atoms with van der Waals surface area (Å²) >= 11 is 0. The number of imidazole rings is 1. The molecule has 3 rings (SSSR count). The SMILES string of the molecule is C\C=C/N=C\C=C\OC1=CCC=C(NC(=O)Nc2cc(C(F)(F)F)ccc2-n2ccnc2)C=C1. The molecule has 176 valence electrons. The molecule has 1 heterocycles. The molecule has 0 radical (unpaired) electrons. The van der Waals surface area contributed by atoms with Crippen LogP contribution in [-0.2, 0) is 10.9 Å². The maximum absolute atomic E-state index is 13.2. The van der Waals surface area contributed by atoms with Gasteiger partial charge in [0, 0.05) is 30.5 Å². The number of hydrogen-bond acceptors (Lipinski definition) is 4. The molecule has 1 aromatic carbocycles. The van der Waals surface area contributed by atoms with Gasteiger partial charge in [0.05, 0.1) is 29.5 Å². The van der Waals surface area contributed by atoms with Crippen molar-refractivity contribution in [2.45, 2.75) is 19.5 Å². The van der Waals surface area contributed by atoms with E-state index in [9.17, 15) is 18.0 Å². The predicted molar refractivity (Wildman–Crippen MR) is 124 cm³/mol. The van der Waals surface area contributed by atoms with Gasteiger partial charge in [0.25, 0.3) is 0 Å². The van der Waals surface area contributed by atoms with E-state index in [0.717, 1.165) is 12.1 Å². The summed E-state index contributed by atoms with van der Waals surface area (Å²) in [6, 6.07) is 2.41. The number of hydrogen-bond donors (Lipinski definition) is 2. The fourth-order valence-electron chi connectivity index (χ4n) is 2.85. The van der Waals surface area contributed by atoms with Crippen molar-refractivity contribution >= 4 is 17.9 Å². The van der Waals surface area contributed by atoms with Gasteiger partial charge >= 0.3 is 12.2 Å². The van der Waals surface area contributed by atoms with Gasteiger partial charge in [-0.3, -0.25) is 4.99 Å². The van der Waals surface area contributed by atoms with E-state index in [1.165, 1.54) is 29.4 Å². The lowest BCUT2D eigenvalue weighted by molar-refractivity contribution is -0.137. The number of nitrogens with zero attached hydrogens (tertiary/aromatic N) is 3. The first kappa shape index (κ1) is 24.3. The first-order chi connectivity index (χ1) is 16.4. The number of ether oxygens (including phenoxy) is 1. The van der Waals surface area contributed by atoms with Gasteiger partial charge in [-0.25, -0.2) is 9.78 Å². The molecule has 1 aromatic heterocycles. The summed E-state index contributed by atoms with van der Waals surface area (Å²) in [4.78, 5) is 20.4. The lowest BCUT2D eigenvalue weighted by atomic mass is 10.1. The van der Waals surface area contributed by atoms with Crippen LogP contribution in [0.2, 0.25) is 0 Å². The fraction of sp³-hybridized carbons (Fsp3) is 0.125. The third-order valence-corrected chi connectivity index (χ3v) is 4.39. The van der Waals surface area contributed by atoms with Crippen molar-refractivity contribution < 1.29 is 22.7 Å². The zero-order valence-electron chi connectivity index (χ0n) is 18.2. The molecule has 0 saturated carbocycles. The molecule has 0 bridgehead atoms. The Labute approximate surface area is 194 Å². The summed E-state index contributed by atoms with van der Waals surface area (Å²) in [6.07, 6.45) is 15.3. The highest BCUT2D eigenvalue weighted by Crippen LogP contribution is 2.33. The molecule has 34 heavy (non-hydrogen) atoms. The van der Waals surface area contributed by atoms with E-state index >= 15 is 0 Å². The average molecular weight is 469 g/mol. The van der Waals surface area contributed by atoms with Crippen molar-refractivity contribution in [1.82, 2.24) is 14.9 Å². The van der Waals surface area contributed by atoms with Gasteiger partial charge in [-0.1, -0.05) is 12.2 Å². The number of amides is 2. The van der Waals surface area contributed by atoms with Gasteiger partial charge < -0.3 is 19.9 Å². The van der Waals surface area contributed by atoms with Crippen LogP contribution in [0.25, 0.3) is 5.69 Å². The molecule has 7 nitrogen and oxygen atoms in total. The van der Waals surface area contributed by atoms with Gasteiger partial charge in [-0.15, -0.1) is 0 Å². The molecule has 0 unspecified atom stereocenters. The van der Waals surface area contributed by atoms with Crippen LogP contribution in [0.4, 0.5) is 23.7 Å². The lowest BCUT2D eigenvalue weighted by Gasteiger charge is -2.15. The Bertz CT molecular complexity index is 1170. The highest BCUT2D eigenvalue weighted by Gasteiger charge is 2.31. The third kappa shape index (κ3) is 7.09. The van der Waals surface area contributed by atoms with Crippen molar-refractivity contribution in [3.8, 4) is 5.69 Å². The van der Waals surface area contributed by atoms with Crippen LogP contribution in [0.5, 0.6) is 0 Å². The smallest absolute Gasteiger partial charge is 0.416 e. The van der Waals surface area contributed by atoms with Crippen LogP contribution in [-0.4, -0.2) is 21.8 Å². The van der Waals surface area contributed by atoms with Gasteiger partial charge in [-0.2, -0.15) is 13.2 Å². The van der Waals surface area contributed by atoms with Gasteiger partial charge in [0.15, 0.2) is 0 Å². The number of allylic oxidation sites excluding steroid dienone is 6. The van der Waals surface area contributed by atoms with E-state index in [4.69, 9.17) is 4.74 Å². The second-order valence-electron chi connectivity index (χ2n) is 6.84. The van der Waals surface area contributed by atoms with Gasteiger partial charge in [0.1, 0.15) is 5.76 Å². The van der Waals surface area contributed by atoms with Crippen LogP contribution in [0.1, 0.15) is 18.9 Å². The molecular formula is C24H22F3N5O2. The predicted octanol–water partition coefficient (Wildman–Crippen LogP) is 5.88. The number of carbonyl (C=O) groups is 1. The maximum atomic E-state index is 13.2. The van der Waals surface area contributed by atoms with Gasteiger partial charge in [0.2, 0.25) is 0 Å². The minimum absolute atomic E-state index is 0.0182. The molecule has 1 aliphatic rings. The van der Waals surface area contributed by atoms with E-state index in [1.54, 1.807) is 55.1 Å². The van der Waals surface area contributed by atoms with E-state index in [2.05, 4.69) is 20.6 Å². The first-order valence-electron chi connectivity index (χ1n) is 10.2. The first-order valence-corrected chi connectivity index (χ1v) is 10.2. The molecule has 10 heteroatoms. The summed E-state index contributed by atoms with van der Waals surface area (Å²) in [5.74, 6) is 0.560. The second kappa shape index (κ2) is 11.5. The Morgan fingerprint density at radius 1 is 1.24 bits per heavy atom. The van der Waals surface area contributed by atoms with Crippen molar-refractivity contribution in [1.29, 1.82) is 0 Å². The van der Waals surface area contributed by atoms with Crippen LogP contribution < -0.4 is 10.6 Å². The number of alkyl halides is 3. The minimum Gasteiger partial charge on any atom is -0.465 e. The van der Waals surface area contributed by atoms with Crippen molar-refractivity contribution in [3.05, 3.63) is 103 Å². The summed E-state index contributed by atoms with van der Waals surface area (Å²) in [5, 5.41) is 5.13. The minimum atomic E-state index is -4.55. The number of anilines is 1. The normalized spacial score (nSPS) is 14.4. The van der Waals surface area contributed by atoms with E-state index in [-0.39, 0.29) is 5.69 Å². The fourth-order valence-corrected chi connectivity index (χ4v) is 2.85. The van der Waals surface area contributed by atoms with Crippen LogP contribution >= 0.6 is 0 Å². The molecule has 0 fully saturated rings. The molecule has 0 saturated heterocycles. The zero-order chi connectivity index (χ0) is 24.4. The van der Waals surface area contributed by atoms with E-state index in [1.807, 2.05) is 6.92 Å². The summed E-state index contributed by atoms with van der Waals surface area (Å²) < 4.78 is 46.6. The van der Waals surface area contributed by atoms with E-state index < -0.39 is 17.8 Å². The molecule has 0 atom stereocenters. The van der Waals surface area contributed by atoms with Crippen molar-refractivity contribution in [2.24, 2.45) is 4.99 Å². The van der Waals surface area contributed by atoms with Crippen LogP contribution in [0.3, 0.4) is 0 Å². The van der Waals surface area contributed by atoms with Crippen molar-refractivity contribution in [2.75, 3.05) is 5.32 Å². The average Bonchev–Trinajstić information content (AvgIpc) is 3.24. The topological polar surface area (TPSA) is 80.5 Å². The number of aromatic nitrogens is 2. The van der Waals surface area contributed by atoms with Crippen molar-refractivity contribution in [3.63, 3.8) is 0 Å². The lowest BCUT2D eigenvalue weighted by Crippen LogP contribution is -2.28. The number of benzene rings is 1. The number of aliphatic imine (C=N–C) groups is 1. The number of rotatable bonds is 7. The summed E-state index contributed by atoms with van der Waals surface area (Å²) in [7, 11) is 0. The Hall–Kier alpha value is -4.34. The molecule has 0 aliphatic heterocycles. The number of urea groups is 1. The third-order valence-electron chi connectivity index (χ3n) is 4.39. The standard InChI is InChI=1S/C24H22F3N5O2/c1-2-11-28-12-4-15-34-20-6-3-5-19(8-9-20)30-23(33)31-21-16-18(24(25,26)27)7-10-22(21)32-14-13-29-17-32/h2,4-17H,3H2,1H3,(H2,30,31,33)/b11-2-,15-4+,28-12-. The Morgan fingerprint density at radius 2 is 2.09 bits per heavy atom. The van der Waals surface area contributed by atoms with Crippen LogP contribution in [0.15, 0.2) is 102 Å². The maximum Gasteiger partial charge on any atom is 0.416 e. The summed E-state index contributed by atoms with van der Waals surface area (Å²) in [6.45, 7) is 1.86. The Morgan fingerprint density at radius 3 is 2.82 bits per heavy atom. The Kier molecular flexibility index (Phi) is 8.22.